The molecule has 2 saturated carbocycles. The van der Waals surface area contributed by atoms with Crippen molar-refractivity contribution >= 4 is 0 Å². The van der Waals surface area contributed by atoms with Gasteiger partial charge in [0, 0.05) is 24.6 Å². The average Bonchev–Trinajstić information content (AvgIpc) is 2.82. The van der Waals surface area contributed by atoms with Crippen molar-refractivity contribution in [2.24, 2.45) is 17.3 Å². The number of aliphatic hydroxyl groups is 1. The Morgan fingerprint density at radius 1 is 1.36 bits per heavy atom. The molecule has 2 aliphatic carbocycles. The molecule has 0 aromatic carbocycles. The molecule has 0 atom stereocenters. The van der Waals surface area contributed by atoms with Gasteiger partial charge in [0.15, 0.2) is 0 Å². The van der Waals surface area contributed by atoms with E-state index in [1.165, 1.54) is 25.7 Å². The molecule has 2 nitrogen and oxygen atoms in total. The Bertz CT molecular complexity index is 192. The van der Waals surface area contributed by atoms with Crippen LogP contribution in [-0.2, 0) is 0 Å². The van der Waals surface area contributed by atoms with Crippen LogP contribution >= 0.6 is 0 Å². The molecule has 14 heavy (non-hydrogen) atoms. The summed E-state index contributed by atoms with van der Waals surface area (Å²) in [5.74, 6) is 1.79. The smallest absolute Gasteiger partial charge is 0.0499 e. The lowest BCUT2D eigenvalue weighted by atomic mass is 9.73. The molecule has 2 heteroatoms. The van der Waals surface area contributed by atoms with Crippen LogP contribution in [0.5, 0.6) is 0 Å². The van der Waals surface area contributed by atoms with Gasteiger partial charge in [0.2, 0.25) is 0 Å². The lowest BCUT2D eigenvalue weighted by Crippen LogP contribution is -2.45. The lowest BCUT2D eigenvalue weighted by molar-refractivity contribution is 0.147. The summed E-state index contributed by atoms with van der Waals surface area (Å²) in [7, 11) is 0. The van der Waals surface area contributed by atoms with Gasteiger partial charge in [-0.1, -0.05) is 13.8 Å². The fourth-order valence-corrected chi connectivity index (χ4v) is 2.30. The fraction of sp³-hybridized carbons (Fsp3) is 1.00. The van der Waals surface area contributed by atoms with Gasteiger partial charge in [-0.15, -0.1) is 0 Å². The lowest BCUT2D eigenvalue weighted by Gasteiger charge is -2.39. The van der Waals surface area contributed by atoms with E-state index >= 15 is 0 Å². The van der Waals surface area contributed by atoms with Gasteiger partial charge < -0.3 is 10.4 Å². The standard InChI is InChI=1S/C12H23NO/c1-9(2)10-5-11(6-10)13-7-12(8-14)3-4-12/h9-11,13-14H,3-8H2,1-2H3. The van der Waals surface area contributed by atoms with Crippen molar-refractivity contribution in [2.75, 3.05) is 13.2 Å². The van der Waals surface area contributed by atoms with Gasteiger partial charge in [0.1, 0.15) is 0 Å². The van der Waals surface area contributed by atoms with E-state index < -0.39 is 0 Å². The number of rotatable bonds is 5. The monoisotopic (exact) mass is 197 g/mol. The van der Waals surface area contributed by atoms with Gasteiger partial charge in [0.05, 0.1) is 0 Å². The quantitative estimate of drug-likeness (QED) is 0.704. The summed E-state index contributed by atoms with van der Waals surface area (Å²) in [6, 6.07) is 0.742. The van der Waals surface area contributed by atoms with Crippen LogP contribution in [0.15, 0.2) is 0 Å². The second-order valence-electron chi connectivity index (χ2n) is 5.71. The molecule has 0 heterocycles. The molecular formula is C12H23NO. The highest BCUT2D eigenvalue weighted by Gasteiger charge is 2.43. The molecule has 2 fully saturated rings. The highest BCUT2D eigenvalue weighted by atomic mass is 16.3. The van der Waals surface area contributed by atoms with Crippen LogP contribution in [0.4, 0.5) is 0 Å². The van der Waals surface area contributed by atoms with Crippen LogP contribution in [0.3, 0.4) is 0 Å². The molecule has 0 spiro atoms. The summed E-state index contributed by atoms with van der Waals surface area (Å²) < 4.78 is 0. The Morgan fingerprint density at radius 3 is 2.43 bits per heavy atom. The van der Waals surface area contributed by atoms with Crippen molar-refractivity contribution in [1.82, 2.24) is 5.32 Å². The number of nitrogens with one attached hydrogen (secondary N) is 1. The van der Waals surface area contributed by atoms with Crippen molar-refractivity contribution in [3.63, 3.8) is 0 Å². The average molecular weight is 197 g/mol. The summed E-state index contributed by atoms with van der Waals surface area (Å²) >= 11 is 0. The van der Waals surface area contributed by atoms with Crippen LogP contribution in [0.25, 0.3) is 0 Å². The summed E-state index contributed by atoms with van der Waals surface area (Å²) in [6.07, 6.45) is 5.13. The second kappa shape index (κ2) is 3.82. The predicted molar refractivity (Wildman–Crippen MR) is 58.1 cm³/mol. The highest BCUT2D eigenvalue weighted by molar-refractivity contribution is 4.96. The van der Waals surface area contributed by atoms with Gasteiger partial charge in [-0.2, -0.15) is 0 Å². The molecule has 0 aromatic heterocycles. The van der Waals surface area contributed by atoms with Crippen molar-refractivity contribution in [2.45, 2.75) is 45.6 Å². The van der Waals surface area contributed by atoms with Gasteiger partial charge in [-0.05, 0) is 37.5 Å². The summed E-state index contributed by atoms with van der Waals surface area (Å²) in [4.78, 5) is 0. The minimum Gasteiger partial charge on any atom is -0.396 e. The molecule has 0 unspecified atom stereocenters. The fourth-order valence-electron chi connectivity index (χ4n) is 2.30. The van der Waals surface area contributed by atoms with Crippen molar-refractivity contribution < 1.29 is 5.11 Å². The van der Waals surface area contributed by atoms with E-state index in [1.54, 1.807) is 0 Å². The maximum atomic E-state index is 9.16. The molecular weight excluding hydrogens is 174 g/mol. The molecule has 82 valence electrons. The zero-order valence-electron chi connectivity index (χ0n) is 9.42. The number of hydrogen-bond acceptors (Lipinski definition) is 2. The largest absolute Gasteiger partial charge is 0.396 e. The van der Waals surface area contributed by atoms with Gasteiger partial charge >= 0.3 is 0 Å². The Labute approximate surface area is 87.1 Å². The zero-order valence-corrected chi connectivity index (χ0v) is 9.42. The van der Waals surface area contributed by atoms with Gasteiger partial charge in [-0.3, -0.25) is 0 Å². The van der Waals surface area contributed by atoms with Crippen molar-refractivity contribution in [3.05, 3.63) is 0 Å². The second-order valence-corrected chi connectivity index (χ2v) is 5.71. The molecule has 2 N–H and O–H groups in total. The van der Waals surface area contributed by atoms with E-state index in [0.29, 0.717) is 6.61 Å². The molecule has 0 amide bonds. The van der Waals surface area contributed by atoms with Gasteiger partial charge in [-0.25, -0.2) is 0 Å². The molecule has 0 aromatic rings. The minimum absolute atomic E-state index is 0.281. The Balaban J connectivity index is 1.61. The van der Waals surface area contributed by atoms with E-state index in [9.17, 15) is 0 Å². The van der Waals surface area contributed by atoms with Crippen molar-refractivity contribution in [3.8, 4) is 0 Å². The zero-order chi connectivity index (χ0) is 10.2. The molecule has 0 aliphatic heterocycles. The van der Waals surface area contributed by atoms with E-state index in [4.69, 9.17) is 5.11 Å². The first-order valence-corrected chi connectivity index (χ1v) is 5.99. The van der Waals surface area contributed by atoms with Crippen molar-refractivity contribution in [1.29, 1.82) is 0 Å². The Kier molecular flexibility index (Phi) is 2.85. The highest BCUT2D eigenvalue weighted by Crippen LogP contribution is 2.45. The topological polar surface area (TPSA) is 32.3 Å². The minimum atomic E-state index is 0.281. The molecule has 0 bridgehead atoms. The maximum Gasteiger partial charge on any atom is 0.0499 e. The Morgan fingerprint density at radius 2 is 2.00 bits per heavy atom. The maximum absolute atomic E-state index is 9.16. The Hall–Kier alpha value is -0.0800. The van der Waals surface area contributed by atoms with Crippen LogP contribution in [0, 0.1) is 17.3 Å². The van der Waals surface area contributed by atoms with E-state index in [2.05, 4.69) is 19.2 Å². The number of hydrogen-bond donors (Lipinski definition) is 2. The van der Waals surface area contributed by atoms with Crippen LogP contribution < -0.4 is 5.32 Å². The summed E-state index contributed by atoms with van der Waals surface area (Å²) in [6.45, 7) is 6.05. The summed E-state index contributed by atoms with van der Waals surface area (Å²) in [5, 5.41) is 12.8. The third kappa shape index (κ3) is 2.12. The van der Waals surface area contributed by atoms with E-state index in [-0.39, 0.29) is 5.41 Å². The van der Waals surface area contributed by atoms with Crippen LogP contribution in [0.1, 0.15) is 39.5 Å². The van der Waals surface area contributed by atoms with Crippen LogP contribution in [0.2, 0.25) is 0 Å². The van der Waals surface area contributed by atoms with E-state index in [0.717, 1.165) is 24.4 Å². The normalized spacial score (nSPS) is 34.3. The molecule has 2 rings (SSSR count). The third-order valence-electron chi connectivity index (χ3n) is 4.18. The number of aliphatic hydroxyl groups excluding tert-OH is 1. The van der Waals surface area contributed by atoms with Gasteiger partial charge in [0.25, 0.3) is 0 Å². The third-order valence-corrected chi connectivity index (χ3v) is 4.18. The molecule has 2 aliphatic rings. The summed E-state index contributed by atoms with van der Waals surface area (Å²) in [5.41, 5.74) is 0.281. The van der Waals surface area contributed by atoms with Crippen LogP contribution in [-0.4, -0.2) is 24.3 Å². The first kappa shape index (κ1) is 10.4. The SMILES string of the molecule is CC(C)C1CC(NCC2(CO)CC2)C1. The van der Waals surface area contributed by atoms with E-state index in [1.807, 2.05) is 0 Å². The molecule has 0 radical (unpaired) electrons. The first-order chi connectivity index (χ1) is 6.65. The first-order valence-electron chi connectivity index (χ1n) is 5.99. The molecule has 0 saturated heterocycles. The predicted octanol–water partition coefficient (Wildman–Crippen LogP) is 1.78.